The molecule has 0 amide bonds. The zero-order chi connectivity index (χ0) is 23.5. The lowest BCUT2D eigenvalue weighted by molar-refractivity contribution is 0.261. The predicted molar refractivity (Wildman–Crippen MR) is 141 cm³/mol. The smallest absolute Gasteiger partial charge is 0.142 e. The van der Waals surface area contributed by atoms with Crippen LogP contribution in [0.1, 0.15) is 17.5 Å². The van der Waals surface area contributed by atoms with Crippen LogP contribution < -0.4 is 4.74 Å². The number of halogens is 1. The highest BCUT2D eigenvalue weighted by molar-refractivity contribution is 6.04. The van der Waals surface area contributed by atoms with E-state index >= 15 is 0 Å². The Labute approximate surface area is 211 Å². The first-order valence-corrected chi connectivity index (χ1v) is 11.4. The fraction of sp³-hybridized carbons (Fsp3) is 0.214. The zero-order valence-corrected chi connectivity index (χ0v) is 20.6. The van der Waals surface area contributed by atoms with Crippen LogP contribution in [0.25, 0.3) is 33.8 Å². The molecule has 0 fully saturated rings. The van der Waals surface area contributed by atoms with Gasteiger partial charge in [-0.3, -0.25) is 4.98 Å². The lowest BCUT2D eigenvalue weighted by Crippen LogP contribution is -2.19. The normalized spacial score (nSPS) is 13.6. The lowest BCUT2D eigenvalue weighted by atomic mass is 9.98. The van der Waals surface area contributed by atoms with Crippen LogP contribution in [0.5, 0.6) is 5.75 Å². The SMILES string of the molecule is CN(C)CCOc1ccc(-c2cc(-c3ccc4c(c3)CC/C4=N\O)c(-c3ccncc3)o2)cc1.Cl. The van der Waals surface area contributed by atoms with Gasteiger partial charge in [-0.25, -0.2) is 0 Å². The van der Waals surface area contributed by atoms with Crippen molar-refractivity contribution in [1.82, 2.24) is 9.88 Å². The second-order valence-electron chi connectivity index (χ2n) is 8.68. The molecule has 6 nitrogen and oxygen atoms in total. The number of benzene rings is 2. The summed E-state index contributed by atoms with van der Waals surface area (Å²) in [6.45, 7) is 1.51. The Morgan fingerprint density at radius 3 is 2.37 bits per heavy atom. The minimum atomic E-state index is 0. The van der Waals surface area contributed by atoms with Crippen molar-refractivity contribution in [3.63, 3.8) is 0 Å². The molecule has 0 saturated heterocycles. The third-order valence-corrected chi connectivity index (χ3v) is 6.10. The summed E-state index contributed by atoms with van der Waals surface area (Å²) in [6.07, 6.45) is 5.17. The van der Waals surface area contributed by atoms with Gasteiger partial charge in [0.2, 0.25) is 0 Å². The monoisotopic (exact) mass is 489 g/mol. The number of pyridine rings is 1. The third-order valence-electron chi connectivity index (χ3n) is 6.10. The van der Waals surface area contributed by atoms with Gasteiger partial charge in [-0.15, -0.1) is 12.4 Å². The summed E-state index contributed by atoms with van der Waals surface area (Å²) in [5.74, 6) is 2.43. The molecule has 1 aliphatic rings. The largest absolute Gasteiger partial charge is 0.492 e. The summed E-state index contributed by atoms with van der Waals surface area (Å²) in [5, 5.41) is 12.7. The van der Waals surface area contributed by atoms with Crippen LogP contribution in [0.3, 0.4) is 0 Å². The van der Waals surface area contributed by atoms with E-state index in [-0.39, 0.29) is 12.4 Å². The highest BCUT2D eigenvalue weighted by atomic mass is 35.5. The Hall–Kier alpha value is -3.61. The Bertz CT molecular complexity index is 1320. The van der Waals surface area contributed by atoms with Gasteiger partial charge in [-0.05, 0) is 80.5 Å². The van der Waals surface area contributed by atoms with E-state index in [2.05, 4.69) is 33.2 Å². The highest BCUT2D eigenvalue weighted by Gasteiger charge is 2.21. The van der Waals surface area contributed by atoms with E-state index in [0.29, 0.717) is 6.61 Å². The minimum absolute atomic E-state index is 0. The maximum absolute atomic E-state index is 9.27. The topological polar surface area (TPSA) is 71.1 Å². The lowest BCUT2D eigenvalue weighted by Gasteiger charge is -2.11. The Morgan fingerprint density at radius 2 is 1.66 bits per heavy atom. The molecule has 2 aromatic carbocycles. The Balaban J connectivity index is 0.00000289. The Morgan fingerprint density at radius 1 is 0.914 bits per heavy atom. The minimum Gasteiger partial charge on any atom is -0.492 e. The van der Waals surface area contributed by atoms with Crippen LogP contribution in [0, 0.1) is 0 Å². The molecule has 0 saturated carbocycles. The second-order valence-corrected chi connectivity index (χ2v) is 8.68. The van der Waals surface area contributed by atoms with Crippen molar-refractivity contribution in [2.45, 2.75) is 12.8 Å². The fourth-order valence-corrected chi connectivity index (χ4v) is 4.27. The number of oxime groups is 1. The zero-order valence-electron chi connectivity index (χ0n) is 19.8. The summed E-state index contributed by atoms with van der Waals surface area (Å²) in [7, 11) is 4.06. The van der Waals surface area contributed by atoms with Gasteiger partial charge >= 0.3 is 0 Å². The number of furan rings is 1. The van der Waals surface area contributed by atoms with Crippen LogP contribution in [-0.4, -0.2) is 48.0 Å². The molecule has 180 valence electrons. The van der Waals surface area contributed by atoms with Gasteiger partial charge in [0.25, 0.3) is 0 Å². The first-order valence-electron chi connectivity index (χ1n) is 11.4. The molecule has 0 spiro atoms. The molecule has 2 aromatic heterocycles. The molecule has 0 atom stereocenters. The fourth-order valence-electron chi connectivity index (χ4n) is 4.27. The third kappa shape index (κ3) is 5.24. The van der Waals surface area contributed by atoms with Crippen molar-refractivity contribution in [3.8, 4) is 39.5 Å². The van der Waals surface area contributed by atoms with Crippen LogP contribution >= 0.6 is 12.4 Å². The second kappa shape index (κ2) is 10.8. The quantitative estimate of drug-likeness (QED) is 0.248. The summed E-state index contributed by atoms with van der Waals surface area (Å²) in [5.41, 5.74) is 7.00. The van der Waals surface area contributed by atoms with E-state index in [1.807, 2.05) is 56.6 Å². The molecule has 0 radical (unpaired) electrons. The molecule has 0 unspecified atom stereocenters. The van der Waals surface area contributed by atoms with E-state index in [1.165, 1.54) is 5.56 Å². The number of nitrogens with zero attached hydrogens (tertiary/aromatic N) is 3. The number of likely N-dealkylation sites (N-methyl/N-ethyl adjacent to an activating group) is 1. The van der Waals surface area contributed by atoms with Crippen LogP contribution in [0.4, 0.5) is 0 Å². The molecule has 1 N–H and O–H groups in total. The van der Waals surface area contributed by atoms with Crippen LogP contribution in [-0.2, 0) is 6.42 Å². The van der Waals surface area contributed by atoms with Gasteiger partial charge in [0.15, 0.2) is 0 Å². The van der Waals surface area contributed by atoms with Crippen molar-refractivity contribution < 1.29 is 14.4 Å². The summed E-state index contributed by atoms with van der Waals surface area (Å²) < 4.78 is 12.2. The van der Waals surface area contributed by atoms with Crippen molar-refractivity contribution >= 4 is 18.1 Å². The number of ether oxygens (including phenoxy) is 1. The average molecular weight is 490 g/mol. The van der Waals surface area contributed by atoms with Crippen molar-refractivity contribution in [3.05, 3.63) is 84.2 Å². The summed E-state index contributed by atoms with van der Waals surface area (Å²) in [6, 6.07) is 20.3. The van der Waals surface area contributed by atoms with E-state index in [0.717, 1.165) is 70.2 Å². The highest BCUT2D eigenvalue weighted by Crippen LogP contribution is 2.40. The van der Waals surface area contributed by atoms with Crippen molar-refractivity contribution in [2.75, 3.05) is 27.2 Å². The van der Waals surface area contributed by atoms with Gasteiger partial charge in [0.05, 0.1) is 5.71 Å². The first kappa shape index (κ1) is 24.5. The van der Waals surface area contributed by atoms with Gasteiger partial charge in [0, 0.05) is 41.2 Å². The van der Waals surface area contributed by atoms with E-state index < -0.39 is 0 Å². The van der Waals surface area contributed by atoms with Gasteiger partial charge in [-0.1, -0.05) is 23.4 Å². The maximum Gasteiger partial charge on any atom is 0.142 e. The Kier molecular flexibility index (Phi) is 7.54. The molecule has 1 aliphatic carbocycles. The number of hydrogen-bond donors (Lipinski definition) is 1. The predicted octanol–water partition coefficient (Wildman–Crippen LogP) is 6.16. The molecule has 5 rings (SSSR count). The van der Waals surface area contributed by atoms with Crippen molar-refractivity contribution in [2.24, 2.45) is 5.16 Å². The van der Waals surface area contributed by atoms with Gasteiger partial charge in [-0.2, -0.15) is 0 Å². The van der Waals surface area contributed by atoms with E-state index in [4.69, 9.17) is 9.15 Å². The number of fused-ring (bicyclic) bond motifs is 1. The molecule has 0 aliphatic heterocycles. The van der Waals surface area contributed by atoms with Gasteiger partial charge < -0.3 is 19.3 Å². The molecule has 2 heterocycles. The van der Waals surface area contributed by atoms with Crippen molar-refractivity contribution in [1.29, 1.82) is 0 Å². The molecule has 4 aromatic rings. The van der Waals surface area contributed by atoms with Crippen LogP contribution in [0.15, 0.2) is 82.6 Å². The average Bonchev–Trinajstić information content (AvgIpc) is 3.49. The van der Waals surface area contributed by atoms with Gasteiger partial charge in [0.1, 0.15) is 23.9 Å². The summed E-state index contributed by atoms with van der Waals surface area (Å²) in [4.78, 5) is 6.25. The molecule has 7 heteroatoms. The first-order chi connectivity index (χ1) is 16.6. The molecular weight excluding hydrogens is 462 g/mol. The maximum atomic E-state index is 9.27. The van der Waals surface area contributed by atoms with Crippen LogP contribution in [0.2, 0.25) is 0 Å². The molecular formula is C28H28ClN3O3. The number of aromatic nitrogens is 1. The summed E-state index contributed by atoms with van der Waals surface area (Å²) >= 11 is 0. The number of rotatable bonds is 7. The van der Waals surface area contributed by atoms with E-state index in [1.54, 1.807) is 12.4 Å². The molecule has 0 bridgehead atoms. The molecule has 35 heavy (non-hydrogen) atoms. The number of aryl methyl sites for hydroxylation is 1. The van der Waals surface area contributed by atoms with E-state index in [9.17, 15) is 5.21 Å². The number of hydrogen-bond acceptors (Lipinski definition) is 6. The standard InChI is InChI=1S/C28H27N3O3.ClH/c1-31(2)15-16-33-23-7-3-19(4-8-23)27-18-25(28(34-27)20-11-13-29-14-12-20)22-5-9-24-21(17-22)6-10-26(24)30-32;/h3-5,7-9,11-14,17-18,32H,6,10,15-16H2,1-2H3;1H/b30-26+;.